The Labute approximate surface area is 205 Å². The number of nitrogens with zero attached hydrogens (tertiary/aromatic N) is 3. The Hall–Kier alpha value is -2.01. The molecule has 170 valence electrons. The monoisotopic (exact) mass is 558 g/mol. The fraction of sp³-hybridized carbons (Fsp3) is 0.455. The maximum atomic E-state index is 12.7. The van der Waals surface area contributed by atoms with Crippen LogP contribution in [0.4, 0.5) is 0 Å². The molecule has 0 unspecified atom stereocenters. The second-order valence-electron chi connectivity index (χ2n) is 7.20. The number of rotatable bonds is 7. The molecule has 1 amide bonds. The van der Waals surface area contributed by atoms with E-state index in [4.69, 9.17) is 9.47 Å². The van der Waals surface area contributed by atoms with Crippen molar-refractivity contribution in [3.8, 4) is 11.5 Å². The van der Waals surface area contributed by atoms with Gasteiger partial charge in [0.2, 0.25) is 5.91 Å². The first-order valence-electron chi connectivity index (χ1n) is 10.0. The third-order valence-electron chi connectivity index (χ3n) is 5.32. The van der Waals surface area contributed by atoms with Crippen LogP contribution < -0.4 is 14.8 Å². The highest BCUT2D eigenvalue weighted by Gasteiger charge is 2.21. The van der Waals surface area contributed by atoms with Gasteiger partial charge in [0.05, 0.1) is 20.8 Å². The number of guanidine groups is 1. The van der Waals surface area contributed by atoms with E-state index in [1.165, 1.54) is 10.4 Å². The van der Waals surface area contributed by atoms with Crippen molar-refractivity contribution in [3.63, 3.8) is 0 Å². The predicted molar refractivity (Wildman–Crippen MR) is 136 cm³/mol. The van der Waals surface area contributed by atoms with E-state index in [2.05, 4.69) is 21.8 Å². The van der Waals surface area contributed by atoms with Gasteiger partial charge in [0.25, 0.3) is 0 Å². The van der Waals surface area contributed by atoms with Gasteiger partial charge < -0.3 is 24.6 Å². The Morgan fingerprint density at radius 1 is 1.26 bits per heavy atom. The van der Waals surface area contributed by atoms with Crippen molar-refractivity contribution in [2.75, 3.05) is 47.9 Å². The number of aliphatic imine (C=N–C) groups is 1. The second-order valence-corrected chi connectivity index (χ2v) is 8.20. The van der Waals surface area contributed by atoms with Crippen LogP contribution in [0, 0.1) is 0 Å². The number of nitrogens with one attached hydrogen (secondary N) is 1. The summed E-state index contributed by atoms with van der Waals surface area (Å²) in [6, 6.07) is 8.05. The number of carbonyl (C=O) groups is 1. The Morgan fingerprint density at radius 2 is 2.03 bits per heavy atom. The Kier molecular flexibility index (Phi) is 9.89. The van der Waals surface area contributed by atoms with Gasteiger partial charge >= 0.3 is 0 Å². The molecule has 3 rings (SSSR count). The van der Waals surface area contributed by atoms with Gasteiger partial charge in [-0.15, -0.1) is 35.3 Å². The molecule has 0 aliphatic carbocycles. The molecule has 1 aliphatic heterocycles. The molecule has 0 saturated heterocycles. The van der Waals surface area contributed by atoms with Crippen molar-refractivity contribution < 1.29 is 14.3 Å². The van der Waals surface area contributed by atoms with E-state index in [0.717, 1.165) is 43.0 Å². The molecule has 0 fully saturated rings. The lowest BCUT2D eigenvalue weighted by molar-refractivity contribution is -0.130. The number of halogens is 1. The van der Waals surface area contributed by atoms with E-state index in [0.29, 0.717) is 12.5 Å². The molecule has 1 N–H and O–H groups in total. The van der Waals surface area contributed by atoms with Crippen LogP contribution in [0.5, 0.6) is 11.5 Å². The maximum Gasteiger partial charge on any atom is 0.242 e. The van der Waals surface area contributed by atoms with Gasteiger partial charge in [0, 0.05) is 38.6 Å². The highest BCUT2D eigenvalue weighted by atomic mass is 127. The van der Waals surface area contributed by atoms with E-state index in [1.807, 2.05) is 35.0 Å². The highest BCUT2D eigenvalue weighted by molar-refractivity contribution is 14.0. The molecule has 1 aromatic carbocycles. The number of methoxy groups -OCH3 is 2. The first kappa shape index (κ1) is 25.3. The lowest BCUT2D eigenvalue weighted by atomic mass is 10.1. The quantitative estimate of drug-likeness (QED) is 0.322. The number of carbonyl (C=O) groups excluding carboxylic acids is 1. The van der Waals surface area contributed by atoms with Crippen LogP contribution >= 0.6 is 35.3 Å². The average molecular weight is 558 g/mol. The molecular weight excluding hydrogens is 527 g/mol. The van der Waals surface area contributed by atoms with Crippen LogP contribution in [0.15, 0.2) is 34.6 Å². The van der Waals surface area contributed by atoms with Crippen molar-refractivity contribution in [1.29, 1.82) is 0 Å². The molecule has 7 nitrogen and oxygen atoms in total. The van der Waals surface area contributed by atoms with E-state index in [-0.39, 0.29) is 36.4 Å². The fourth-order valence-electron chi connectivity index (χ4n) is 3.55. The molecule has 0 saturated carbocycles. The summed E-state index contributed by atoms with van der Waals surface area (Å²) < 4.78 is 10.7. The lowest BCUT2D eigenvalue weighted by Crippen LogP contribution is -2.46. The number of hydrogen-bond donors (Lipinski definition) is 1. The van der Waals surface area contributed by atoms with Gasteiger partial charge in [0.15, 0.2) is 17.5 Å². The molecule has 1 aromatic heterocycles. The Balaban J connectivity index is 0.00000341. The van der Waals surface area contributed by atoms with Gasteiger partial charge in [-0.05, 0) is 47.5 Å². The largest absolute Gasteiger partial charge is 0.493 e. The summed E-state index contributed by atoms with van der Waals surface area (Å²) in [6.45, 7) is 2.48. The van der Waals surface area contributed by atoms with Crippen LogP contribution in [0.1, 0.15) is 16.0 Å². The minimum absolute atomic E-state index is 0. The summed E-state index contributed by atoms with van der Waals surface area (Å²) >= 11 is 1.78. The molecule has 0 bridgehead atoms. The summed E-state index contributed by atoms with van der Waals surface area (Å²) in [5.74, 6) is 2.25. The Morgan fingerprint density at radius 3 is 2.74 bits per heavy atom. The summed E-state index contributed by atoms with van der Waals surface area (Å²) in [5.41, 5.74) is 2.42. The van der Waals surface area contributed by atoms with Crippen molar-refractivity contribution in [2.45, 2.75) is 19.4 Å². The number of likely N-dealkylation sites (N-methyl/N-ethyl adjacent to an activating group) is 1. The topological polar surface area (TPSA) is 66.4 Å². The first-order chi connectivity index (χ1) is 14.5. The average Bonchev–Trinajstić information content (AvgIpc) is 3.25. The second kappa shape index (κ2) is 12.1. The highest BCUT2D eigenvalue weighted by Crippen LogP contribution is 2.27. The molecule has 2 aromatic rings. The third-order valence-corrected chi connectivity index (χ3v) is 6.34. The van der Waals surface area contributed by atoms with Crippen molar-refractivity contribution in [1.82, 2.24) is 15.1 Å². The third kappa shape index (κ3) is 6.49. The van der Waals surface area contributed by atoms with Crippen LogP contribution in [0.3, 0.4) is 0 Å². The van der Waals surface area contributed by atoms with Gasteiger partial charge in [-0.3, -0.25) is 9.79 Å². The number of fused-ring (bicyclic) bond motifs is 1. The van der Waals surface area contributed by atoms with Crippen LogP contribution in [0.25, 0.3) is 0 Å². The molecular formula is C22H31IN4O3S. The summed E-state index contributed by atoms with van der Waals surface area (Å²) in [5, 5.41) is 5.31. The summed E-state index contributed by atoms with van der Waals surface area (Å²) in [6.07, 6.45) is 1.76. The zero-order valence-electron chi connectivity index (χ0n) is 18.5. The number of hydrogen-bond acceptors (Lipinski definition) is 5. The SMILES string of the molecule is CN=C(NCC(=O)N1CCc2sccc2C1)N(C)CCc1ccc(OC)c(OC)c1.I. The fourth-order valence-corrected chi connectivity index (χ4v) is 4.44. The molecule has 9 heteroatoms. The smallest absolute Gasteiger partial charge is 0.242 e. The number of thiophene rings is 1. The maximum absolute atomic E-state index is 12.7. The zero-order chi connectivity index (χ0) is 21.5. The zero-order valence-corrected chi connectivity index (χ0v) is 21.7. The van der Waals surface area contributed by atoms with Crippen LogP contribution in [-0.4, -0.2) is 69.6 Å². The molecule has 0 atom stereocenters. The molecule has 0 radical (unpaired) electrons. The van der Waals surface area contributed by atoms with Crippen LogP contribution in [-0.2, 0) is 24.2 Å². The normalized spacial score (nSPS) is 13.2. The van der Waals surface area contributed by atoms with Crippen molar-refractivity contribution in [2.24, 2.45) is 4.99 Å². The van der Waals surface area contributed by atoms with Gasteiger partial charge in [-0.2, -0.15) is 0 Å². The minimum atomic E-state index is 0. The van der Waals surface area contributed by atoms with E-state index >= 15 is 0 Å². The minimum Gasteiger partial charge on any atom is -0.493 e. The molecule has 31 heavy (non-hydrogen) atoms. The van der Waals surface area contributed by atoms with Gasteiger partial charge in [-0.1, -0.05) is 6.07 Å². The van der Waals surface area contributed by atoms with E-state index < -0.39 is 0 Å². The van der Waals surface area contributed by atoms with Crippen molar-refractivity contribution in [3.05, 3.63) is 45.6 Å². The summed E-state index contributed by atoms with van der Waals surface area (Å²) in [4.78, 5) is 22.3. The van der Waals surface area contributed by atoms with E-state index in [9.17, 15) is 4.79 Å². The van der Waals surface area contributed by atoms with E-state index in [1.54, 1.807) is 32.6 Å². The van der Waals surface area contributed by atoms with Gasteiger partial charge in [-0.25, -0.2) is 0 Å². The Bertz CT molecular complexity index is 903. The number of amides is 1. The predicted octanol–water partition coefficient (Wildman–Crippen LogP) is 3.02. The molecule has 1 aliphatic rings. The lowest BCUT2D eigenvalue weighted by Gasteiger charge is -2.28. The molecule has 2 heterocycles. The van der Waals surface area contributed by atoms with Gasteiger partial charge in [0.1, 0.15) is 0 Å². The van der Waals surface area contributed by atoms with Crippen LogP contribution in [0.2, 0.25) is 0 Å². The van der Waals surface area contributed by atoms with Crippen molar-refractivity contribution >= 4 is 47.2 Å². The molecule has 0 spiro atoms. The first-order valence-corrected chi connectivity index (χ1v) is 10.9. The number of benzene rings is 1. The number of ether oxygens (including phenoxy) is 2. The standard InChI is InChI=1S/C22H30N4O3S.HI/c1-23-22(24-14-21(27)26-11-8-20-17(15-26)9-12-30-20)25(2)10-7-16-5-6-18(28-3)19(13-16)29-4;/h5-6,9,12-13H,7-8,10-11,14-15H2,1-4H3,(H,23,24);1H. The summed E-state index contributed by atoms with van der Waals surface area (Å²) in [7, 11) is 6.97.